The van der Waals surface area contributed by atoms with E-state index in [-0.39, 0.29) is 0 Å². The summed E-state index contributed by atoms with van der Waals surface area (Å²) in [6.45, 7) is 4.76. The van der Waals surface area contributed by atoms with Gasteiger partial charge in [-0.15, -0.1) is 0 Å². The number of hydrogen-bond acceptors (Lipinski definition) is 2. The molecule has 2 nitrogen and oxygen atoms in total. The maximum absolute atomic E-state index is 3.64. The molecule has 2 heteroatoms. The van der Waals surface area contributed by atoms with Gasteiger partial charge in [0.1, 0.15) is 0 Å². The van der Waals surface area contributed by atoms with Crippen molar-refractivity contribution < 1.29 is 0 Å². The average Bonchev–Trinajstić information content (AvgIpc) is 2.45. The molecule has 0 bridgehead atoms. The van der Waals surface area contributed by atoms with Gasteiger partial charge in [-0.3, -0.25) is 0 Å². The van der Waals surface area contributed by atoms with Gasteiger partial charge in [0, 0.05) is 6.04 Å². The van der Waals surface area contributed by atoms with E-state index in [0.717, 1.165) is 12.0 Å². The van der Waals surface area contributed by atoms with Crippen LogP contribution in [-0.2, 0) is 0 Å². The molecule has 1 aliphatic carbocycles. The van der Waals surface area contributed by atoms with Gasteiger partial charge in [0.15, 0.2) is 0 Å². The van der Waals surface area contributed by atoms with E-state index in [1.165, 1.54) is 38.8 Å². The molecule has 0 radical (unpaired) electrons. The minimum Gasteiger partial charge on any atom is -0.314 e. The number of nitrogens with one attached hydrogen (secondary N) is 1. The van der Waals surface area contributed by atoms with Crippen LogP contribution in [0.2, 0.25) is 0 Å². The largest absolute Gasteiger partial charge is 0.314 e. The standard InChI is InChI=1S/C11H24N2/c1-10-5-6-11(9-10)12-7-4-8-13(2)3/h10-12H,4-9H2,1-3H3/t10-,11+/m1/s1. The van der Waals surface area contributed by atoms with Crippen LogP contribution in [0.1, 0.15) is 32.6 Å². The number of rotatable bonds is 5. The molecule has 1 fully saturated rings. The topological polar surface area (TPSA) is 15.3 Å². The Bertz CT molecular complexity index is 134. The predicted octanol–water partition coefficient (Wildman–Crippen LogP) is 1.72. The molecule has 0 aliphatic heterocycles. The van der Waals surface area contributed by atoms with Crippen molar-refractivity contribution in [3.05, 3.63) is 0 Å². The Morgan fingerprint density at radius 2 is 2.08 bits per heavy atom. The Morgan fingerprint density at radius 1 is 1.31 bits per heavy atom. The molecule has 1 N–H and O–H groups in total. The van der Waals surface area contributed by atoms with Crippen molar-refractivity contribution in [3.8, 4) is 0 Å². The summed E-state index contributed by atoms with van der Waals surface area (Å²) in [5.41, 5.74) is 0. The Morgan fingerprint density at radius 3 is 2.62 bits per heavy atom. The van der Waals surface area contributed by atoms with Crippen LogP contribution >= 0.6 is 0 Å². The molecule has 2 atom stereocenters. The minimum atomic E-state index is 0.817. The van der Waals surface area contributed by atoms with Crippen LogP contribution in [-0.4, -0.2) is 38.1 Å². The van der Waals surface area contributed by atoms with E-state index in [2.05, 4.69) is 31.2 Å². The van der Waals surface area contributed by atoms with Gasteiger partial charge < -0.3 is 10.2 Å². The van der Waals surface area contributed by atoms with Gasteiger partial charge in [0.25, 0.3) is 0 Å². The zero-order chi connectivity index (χ0) is 9.68. The fraction of sp³-hybridized carbons (Fsp3) is 1.00. The predicted molar refractivity (Wildman–Crippen MR) is 58.0 cm³/mol. The van der Waals surface area contributed by atoms with Crippen molar-refractivity contribution in [1.29, 1.82) is 0 Å². The third-order valence-corrected chi connectivity index (χ3v) is 2.91. The van der Waals surface area contributed by atoms with Crippen molar-refractivity contribution in [3.63, 3.8) is 0 Å². The van der Waals surface area contributed by atoms with Crippen molar-refractivity contribution in [2.24, 2.45) is 5.92 Å². The fourth-order valence-electron chi connectivity index (χ4n) is 2.09. The lowest BCUT2D eigenvalue weighted by atomic mass is 10.1. The molecule has 0 amide bonds. The van der Waals surface area contributed by atoms with Crippen LogP contribution in [0.4, 0.5) is 0 Å². The summed E-state index contributed by atoms with van der Waals surface area (Å²) in [7, 11) is 4.27. The Kier molecular flexibility index (Phi) is 4.74. The first-order valence-electron chi connectivity index (χ1n) is 5.56. The molecule has 0 saturated heterocycles. The van der Waals surface area contributed by atoms with Gasteiger partial charge in [-0.05, 0) is 58.8 Å². The lowest BCUT2D eigenvalue weighted by molar-refractivity contribution is 0.385. The zero-order valence-electron chi connectivity index (χ0n) is 9.34. The summed E-state index contributed by atoms with van der Waals surface area (Å²) in [6.07, 6.45) is 5.48. The first-order chi connectivity index (χ1) is 6.18. The summed E-state index contributed by atoms with van der Waals surface area (Å²) in [4.78, 5) is 2.25. The molecule has 0 aromatic heterocycles. The van der Waals surface area contributed by atoms with Gasteiger partial charge in [0.2, 0.25) is 0 Å². The molecular weight excluding hydrogens is 160 g/mol. The highest BCUT2D eigenvalue weighted by Gasteiger charge is 2.19. The maximum atomic E-state index is 3.64. The van der Waals surface area contributed by atoms with E-state index in [1.807, 2.05) is 0 Å². The van der Waals surface area contributed by atoms with E-state index in [0.29, 0.717) is 0 Å². The second-order valence-corrected chi connectivity index (χ2v) is 4.73. The smallest absolute Gasteiger partial charge is 0.00697 e. The SMILES string of the molecule is C[C@@H]1CC[C@H](NCCCN(C)C)C1. The van der Waals surface area contributed by atoms with Gasteiger partial charge in [-0.2, -0.15) is 0 Å². The molecule has 0 heterocycles. The first-order valence-corrected chi connectivity index (χ1v) is 5.56. The third kappa shape index (κ3) is 4.63. The molecule has 0 aromatic carbocycles. The van der Waals surface area contributed by atoms with Crippen LogP contribution in [0.25, 0.3) is 0 Å². The van der Waals surface area contributed by atoms with Crippen LogP contribution < -0.4 is 5.32 Å². The Hall–Kier alpha value is -0.0800. The Labute approximate surface area is 82.7 Å². The Balaban J connectivity index is 1.94. The second kappa shape index (κ2) is 5.61. The van der Waals surface area contributed by atoms with Crippen LogP contribution in [0.5, 0.6) is 0 Å². The highest BCUT2D eigenvalue weighted by atomic mass is 15.1. The normalized spacial score (nSPS) is 28.6. The summed E-state index contributed by atoms with van der Waals surface area (Å²) in [5, 5.41) is 3.64. The molecule has 0 aromatic rings. The average molecular weight is 184 g/mol. The molecular formula is C11H24N2. The van der Waals surface area contributed by atoms with E-state index in [9.17, 15) is 0 Å². The van der Waals surface area contributed by atoms with Gasteiger partial charge >= 0.3 is 0 Å². The highest BCUT2D eigenvalue weighted by Crippen LogP contribution is 2.24. The third-order valence-electron chi connectivity index (χ3n) is 2.91. The molecule has 1 aliphatic rings. The van der Waals surface area contributed by atoms with Gasteiger partial charge in [-0.1, -0.05) is 6.92 Å². The maximum Gasteiger partial charge on any atom is 0.00697 e. The van der Waals surface area contributed by atoms with E-state index >= 15 is 0 Å². The zero-order valence-corrected chi connectivity index (χ0v) is 9.34. The van der Waals surface area contributed by atoms with Gasteiger partial charge in [-0.25, -0.2) is 0 Å². The van der Waals surface area contributed by atoms with Crippen LogP contribution in [0.15, 0.2) is 0 Å². The van der Waals surface area contributed by atoms with Crippen molar-refractivity contribution in [1.82, 2.24) is 10.2 Å². The number of nitrogens with zero attached hydrogens (tertiary/aromatic N) is 1. The summed E-state index contributed by atoms with van der Waals surface area (Å²) < 4.78 is 0. The summed E-state index contributed by atoms with van der Waals surface area (Å²) in [5.74, 6) is 0.950. The van der Waals surface area contributed by atoms with Crippen LogP contribution in [0, 0.1) is 5.92 Å². The quantitative estimate of drug-likeness (QED) is 0.654. The van der Waals surface area contributed by atoms with E-state index in [4.69, 9.17) is 0 Å². The van der Waals surface area contributed by atoms with Gasteiger partial charge in [0.05, 0.1) is 0 Å². The molecule has 13 heavy (non-hydrogen) atoms. The molecule has 0 unspecified atom stereocenters. The van der Waals surface area contributed by atoms with Crippen LogP contribution in [0.3, 0.4) is 0 Å². The summed E-state index contributed by atoms with van der Waals surface area (Å²) >= 11 is 0. The van der Waals surface area contributed by atoms with E-state index in [1.54, 1.807) is 0 Å². The summed E-state index contributed by atoms with van der Waals surface area (Å²) in [6, 6.07) is 0.817. The van der Waals surface area contributed by atoms with E-state index < -0.39 is 0 Å². The number of hydrogen-bond donors (Lipinski definition) is 1. The van der Waals surface area contributed by atoms with Crippen molar-refractivity contribution in [2.45, 2.75) is 38.6 Å². The molecule has 1 rings (SSSR count). The molecule has 0 spiro atoms. The van der Waals surface area contributed by atoms with Crippen molar-refractivity contribution in [2.75, 3.05) is 27.2 Å². The molecule has 1 saturated carbocycles. The minimum absolute atomic E-state index is 0.817. The second-order valence-electron chi connectivity index (χ2n) is 4.73. The lowest BCUT2D eigenvalue weighted by Crippen LogP contribution is -2.29. The lowest BCUT2D eigenvalue weighted by Gasteiger charge is -2.14. The van der Waals surface area contributed by atoms with Crippen molar-refractivity contribution >= 4 is 0 Å². The fourth-order valence-corrected chi connectivity index (χ4v) is 2.09. The highest BCUT2D eigenvalue weighted by molar-refractivity contribution is 4.77. The first kappa shape index (κ1) is 11.0. The molecule has 78 valence electrons. The monoisotopic (exact) mass is 184 g/mol.